The normalized spacial score (nSPS) is 10.8. The number of imidazole rings is 1. The van der Waals surface area contributed by atoms with Crippen molar-refractivity contribution in [3.05, 3.63) is 75.7 Å². The fourth-order valence-electron chi connectivity index (χ4n) is 2.85. The van der Waals surface area contributed by atoms with E-state index in [2.05, 4.69) is 4.98 Å². The van der Waals surface area contributed by atoms with Crippen LogP contribution in [0.3, 0.4) is 0 Å². The summed E-state index contributed by atoms with van der Waals surface area (Å²) in [5, 5.41) is 11.1. The molecule has 7 heteroatoms. The second-order valence-electron chi connectivity index (χ2n) is 5.70. The van der Waals surface area contributed by atoms with Crippen LogP contribution in [0.4, 0.5) is 5.69 Å². The van der Waals surface area contributed by atoms with E-state index >= 15 is 0 Å². The van der Waals surface area contributed by atoms with Gasteiger partial charge in [-0.15, -0.1) is 0 Å². The number of nitro benzene ring substituents is 1. The molecule has 128 valence electrons. The molecule has 0 radical (unpaired) electrons. The maximum Gasteiger partial charge on any atom is 0.273 e. The number of carbonyl (C=O) groups excluding carboxylic acids is 1. The van der Waals surface area contributed by atoms with E-state index in [-0.39, 0.29) is 11.6 Å². The minimum Gasteiger partial charge on any atom is -0.333 e. The molecule has 0 saturated heterocycles. The number of nitrogens with zero attached hydrogens (tertiary/aromatic N) is 4. The van der Waals surface area contributed by atoms with Crippen LogP contribution in [0.25, 0.3) is 5.65 Å². The summed E-state index contributed by atoms with van der Waals surface area (Å²) >= 11 is 0. The lowest BCUT2D eigenvalue weighted by atomic mass is 10.1. The van der Waals surface area contributed by atoms with Gasteiger partial charge in [0.1, 0.15) is 5.65 Å². The van der Waals surface area contributed by atoms with Gasteiger partial charge in [0.2, 0.25) is 0 Å². The third-order valence-corrected chi connectivity index (χ3v) is 4.25. The summed E-state index contributed by atoms with van der Waals surface area (Å²) in [4.78, 5) is 29.5. The zero-order chi connectivity index (χ0) is 18.0. The highest BCUT2D eigenvalue weighted by atomic mass is 16.6. The Labute approximate surface area is 144 Å². The Balaban J connectivity index is 1.92. The molecule has 0 N–H and O–H groups in total. The van der Waals surface area contributed by atoms with E-state index in [1.54, 1.807) is 30.2 Å². The average molecular weight is 338 g/mol. The summed E-state index contributed by atoms with van der Waals surface area (Å²) in [6.07, 6.45) is 3.64. The third-order valence-electron chi connectivity index (χ3n) is 4.25. The van der Waals surface area contributed by atoms with E-state index in [1.165, 1.54) is 6.07 Å². The van der Waals surface area contributed by atoms with Gasteiger partial charge < -0.3 is 9.30 Å². The molecule has 0 unspecified atom stereocenters. The molecular weight excluding hydrogens is 320 g/mol. The molecule has 0 aliphatic rings. The predicted octanol–water partition coefficient (Wildman–Crippen LogP) is 3.21. The molecule has 0 spiro atoms. The Bertz CT molecular complexity index is 948. The molecule has 25 heavy (non-hydrogen) atoms. The largest absolute Gasteiger partial charge is 0.333 e. The van der Waals surface area contributed by atoms with Gasteiger partial charge in [-0.25, -0.2) is 4.98 Å². The van der Waals surface area contributed by atoms with Crippen molar-refractivity contribution in [1.82, 2.24) is 14.3 Å². The molecule has 0 bridgehead atoms. The number of benzene rings is 1. The number of aromatic nitrogens is 2. The number of hydrogen-bond donors (Lipinski definition) is 0. The van der Waals surface area contributed by atoms with Gasteiger partial charge in [0.05, 0.1) is 23.4 Å². The summed E-state index contributed by atoms with van der Waals surface area (Å²) in [7, 11) is 0. The molecule has 0 atom stereocenters. The van der Waals surface area contributed by atoms with E-state index in [0.29, 0.717) is 24.2 Å². The number of fused-ring (bicyclic) bond motifs is 1. The van der Waals surface area contributed by atoms with Crippen molar-refractivity contribution in [3.8, 4) is 0 Å². The van der Waals surface area contributed by atoms with Crippen LogP contribution in [0.15, 0.2) is 48.8 Å². The van der Waals surface area contributed by atoms with Gasteiger partial charge in [-0.1, -0.05) is 12.1 Å². The van der Waals surface area contributed by atoms with Gasteiger partial charge in [0.15, 0.2) is 0 Å². The number of carbonyl (C=O) groups is 1. The van der Waals surface area contributed by atoms with E-state index in [4.69, 9.17) is 0 Å². The highest BCUT2D eigenvalue weighted by Crippen LogP contribution is 2.23. The van der Waals surface area contributed by atoms with Crippen molar-refractivity contribution in [3.63, 3.8) is 0 Å². The van der Waals surface area contributed by atoms with Crippen molar-refractivity contribution >= 4 is 17.2 Å². The number of pyridine rings is 1. The van der Waals surface area contributed by atoms with Crippen LogP contribution in [0.5, 0.6) is 0 Å². The number of nitro groups is 1. The van der Waals surface area contributed by atoms with Gasteiger partial charge in [0, 0.05) is 29.9 Å². The maximum absolute atomic E-state index is 12.9. The molecule has 1 amide bonds. The second-order valence-corrected chi connectivity index (χ2v) is 5.70. The van der Waals surface area contributed by atoms with Crippen molar-refractivity contribution in [2.45, 2.75) is 20.4 Å². The van der Waals surface area contributed by atoms with Crippen LogP contribution in [0.1, 0.15) is 28.5 Å². The highest BCUT2D eigenvalue weighted by Gasteiger charge is 2.22. The summed E-state index contributed by atoms with van der Waals surface area (Å²) in [5.41, 5.74) is 2.39. The Morgan fingerprint density at radius 2 is 2.08 bits per heavy atom. The second kappa shape index (κ2) is 6.72. The van der Waals surface area contributed by atoms with Crippen LogP contribution >= 0.6 is 0 Å². The lowest BCUT2D eigenvalue weighted by Crippen LogP contribution is -2.31. The summed E-state index contributed by atoms with van der Waals surface area (Å²) in [5.74, 6) is -0.227. The van der Waals surface area contributed by atoms with Crippen LogP contribution in [0.2, 0.25) is 0 Å². The standard InChI is InChI=1S/C18H18N4O3/c1-3-20(12-14-11-19-17-9-4-5-10-21(14)17)18(23)15-7-6-8-16(13(15)2)22(24)25/h4-11H,3,12H2,1-2H3. The Morgan fingerprint density at radius 1 is 1.28 bits per heavy atom. The molecule has 1 aromatic carbocycles. The predicted molar refractivity (Wildman–Crippen MR) is 93.4 cm³/mol. The SMILES string of the molecule is CCN(Cc1cnc2ccccn12)C(=O)c1cccc([N+](=O)[O-])c1C. The average Bonchev–Trinajstić information content (AvgIpc) is 3.02. The molecule has 2 aromatic heterocycles. The first-order valence-corrected chi connectivity index (χ1v) is 7.97. The Morgan fingerprint density at radius 3 is 2.80 bits per heavy atom. The van der Waals surface area contributed by atoms with Crippen molar-refractivity contribution in [1.29, 1.82) is 0 Å². The zero-order valence-electron chi connectivity index (χ0n) is 14.0. The molecular formula is C18H18N4O3. The van der Waals surface area contributed by atoms with Crippen LogP contribution in [-0.4, -0.2) is 31.7 Å². The van der Waals surface area contributed by atoms with Gasteiger partial charge in [-0.3, -0.25) is 14.9 Å². The van der Waals surface area contributed by atoms with Gasteiger partial charge >= 0.3 is 0 Å². The lowest BCUT2D eigenvalue weighted by Gasteiger charge is -2.21. The Kier molecular flexibility index (Phi) is 4.47. The topological polar surface area (TPSA) is 80.8 Å². The fraction of sp³-hybridized carbons (Fsp3) is 0.222. The quantitative estimate of drug-likeness (QED) is 0.528. The first-order chi connectivity index (χ1) is 12.0. The minimum atomic E-state index is -0.465. The van der Waals surface area contributed by atoms with Crippen molar-refractivity contribution < 1.29 is 9.72 Å². The first kappa shape index (κ1) is 16.6. The molecule has 0 aliphatic heterocycles. The van der Waals surface area contributed by atoms with Gasteiger partial charge in [0.25, 0.3) is 11.6 Å². The smallest absolute Gasteiger partial charge is 0.273 e. The molecule has 7 nitrogen and oxygen atoms in total. The Hall–Kier alpha value is -3.22. The van der Waals surface area contributed by atoms with Crippen LogP contribution < -0.4 is 0 Å². The van der Waals surface area contributed by atoms with Gasteiger partial charge in [-0.2, -0.15) is 0 Å². The highest BCUT2D eigenvalue weighted by molar-refractivity contribution is 5.96. The zero-order valence-corrected chi connectivity index (χ0v) is 14.0. The summed E-state index contributed by atoms with van der Waals surface area (Å²) < 4.78 is 1.93. The van der Waals surface area contributed by atoms with Crippen molar-refractivity contribution in [2.75, 3.05) is 6.54 Å². The molecule has 0 fully saturated rings. The van der Waals surface area contributed by atoms with Crippen LogP contribution in [0, 0.1) is 17.0 Å². The lowest BCUT2D eigenvalue weighted by molar-refractivity contribution is -0.385. The number of rotatable bonds is 5. The minimum absolute atomic E-state index is 0.0447. The van der Waals surface area contributed by atoms with E-state index in [0.717, 1.165) is 11.3 Å². The number of amides is 1. The fourth-order valence-corrected chi connectivity index (χ4v) is 2.85. The van der Waals surface area contributed by atoms with Crippen LogP contribution in [-0.2, 0) is 6.54 Å². The molecule has 2 heterocycles. The maximum atomic E-state index is 12.9. The first-order valence-electron chi connectivity index (χ1n) is 7.97. The van der Waals surface area contributed by atoms with E-state index in [1.807, 2.05) is 35.7 Å². The van der Waals surface area contributed by atoms with E-state index < -0.39 is 4.92 Å². The molecule has 0 aliphatic carbocycles. The van der Waals surface area contributed by atoms with E-state index in [9.17, 15) is 14.9 Å². The van der Waals surface area contributed by atoms with Crippen molar-refractivity contribution in [2.24, 2.45) is 0 Å². The third kappa shape index (κ3) is 3.08. The summed E-state index contributed by atoms with van der Waals surface area (Å²) in [6, 6.07) is 10.3. The molecule has 0 saturated carbocycles. The van der Waals surface area contributed by atoms with Gasteiger partial charge in [-0.05, 0) is 32.0 Å². The summed E-state index contributed by atoms with van der Waals surface area (Å²) in [6.45, 7) is 4.35. The molecule has 3 aromatic rings. The number of hydrogen-bond acceptors (Lipinski definition) is 4. The monoisotopic (exact) mass is 338 g/mol. The molecule has 3 rings (SSSR count).